The van der Waals surface area contributed by atoms with Crippen LogP contribution in [-0.2, 0) is 11.2 Å². The molecule has 0 saturated carbocycles. The van der Waals surface area contributed by atoms with E-state index >= 15 is 0 Å². The van der Waals surface area contributed by atoms with Gasteiger partial charge in [-0.15, -0.1) is 0 Å². The SMILES string of the molecule is CC1CC(C(Cc2cc(F)ccc2F)NN)CO1. The van der Waals surface area contributed by atoms with Gasteiger partial charge in [-0.3, -0.25) is 11.3 Å². The van der Waals surface area contributed by atoms with Crippen molar-refractivity contribution in [3.8, 4) is 0 Å². The van der Waals surface area contributed by atoms with Crippen molar-refractivity contribution in [2.45, 2.75) is 31.9 Å². The molecule has 3 N–H and O–H groups in total. The normalized spacial score (nSPS) is 25.3. The van der Waals surface area contributed by atoms with Gasteiger partial charge in [-0.25, -0.2) is 8.78 Å². The maximum Gasteiger partial charge on any atom is 0.126 e. The van der Waals surface area contributed by atoms with Crippen LogP contribution in [0.3, 0.4) is 0 Å². The highest BCUT2D eigenvalue weighted by molar-refractivity contribution is 5.20. The lowest BCUT2D eigenvalue weighted by molar-refractivity contribution is 0.116. The molecule has 1 aliphatic rings. The molecule has 5 heteroatoms. The topological polar surface area (TPSA) is 47.3 Å². The third-order valence-corrected chi connectivity index (χ3v) is 3.46. The Bertz CT molecular complexity index is 414. The Hall–Kier alpha value is -1.04. The largest absolute Gasteiger partial charge is 0.378 e. The zero-order chi connectivity index (χ0) is 13.1. The number of nitrogens with one attached hydrogen (secondary N) is 1. The molecule has 0 aromatic heterocycles. The molecule has 0 radical (unpaired) electrons. The van der Waals surface area contributed by atoms with Crippen LogP contribution in [0.25, 0.3) is 0 Å². The highest BCUT2D eigenvalue weighted by atomic mass is 19.1. The molecular formula is C13H18F2N2O. The summed E-state index contributed by atoms with van der Waals surface area (Å²) in [5.74, 6) is 4.91. The van der Waals surface area contributed by atoms with Gasteiger partial charge >= 0.3 is 0 Å². The van der Waals surface area contributed by atoms with Crippen LogP contribution in [-0.4, -0.2) is 18.8 Å². The van der Waals surface area contributed by atoms with Crippen LogP contribution >= 0.6 is 0 Å². The third kappa shape index (κ3) is 3.04. The maximum atomic E-state index is 13.6. The zero-order valence-electron chi connectivity index (χ0n) is 10.3. The molecule has 18 heavy (non-hydrogen) atoms. The summed E-state index contributed by atoms with van der Waals surface area (Å²) in [6.45, 7) is 2.60. The van der Waals surface area contributed by atoms with Gasteiger partial charge in [0.15, 0.2) is 0 Å². The molecular weight excluding hydrogens is 238 g/mol. The molecule has 0 aliphatic carbocycles. The number of hydrogen-bond donors (Lipinski definition) is 2. The van der Waals surface area contributed by atoms with E-state index in [0.717, 1.165) is 18.6 Å². The predicted molar refractivity (Wildman–Crippen MR) is 64.7 cm³/mol. The van der Waals surface area contributed by atoms with Gasteiger partial charge in [0.2, 0.25) is 0 Å². The van der Waals surface area contributed by atoms with Gasteiger partial charge in [0.05, 0.1) is 12.7 Å². The van der Waals surface area contributed by atoms with Crippen LogP contribution in [0.5, 0.6) is 0 Å². The molecule has 1 fully saturated rings. The summed E-state index contributed by atoms with van der Waals surface area (Å²) in [5.41, 5.74) is 3.04. The monoisotopic (exact) mass is 256 g/mol. The van der Waals surface area contributed by atoms with E-state index in [0.29, 0.717) is 18.6 Å². The first-order valence-corrected chi connectivity index (χ1v) is 6.11. The lowest BCUT2D eigenvalue weighted by atomic mass is 9.92. The second kappa shape index (κ2) is 5.73. The third-order valence-electron chi connectivity index (χ3n) is 3.46. The van der Waals surface area contributed by atoms with E-state index in [1.165, 1.54) is 6.07 Å². The van der Waals surface area contributed by atoms with Crippen LogP contribution in [0.2, 0.25) is 0 Å². The van der Waals surface area contributed by atoms with Gasteiger partial charge in [0, 0.05) is 12.0 Å². The molecule has 1 aliphatic heterocycles. The minimum Gasteiger partial charge on any atom is -0.378 e. The average molecular weight is 256 g/mol. The summed E-state index contributed by atoms with van der Waals surface area (Å²) in [6, 6.07) is 3.38. The molecule has 1 aromatic rings. The number of hydrogen-bond acceptors (Lipinski definition) is 3. The van der Waals surface area contributed by atoms with E-state index in [-0.39, 0.29) is 18.1 Å². The summed E-state index contributed by atoms with van der Waals surface area (Å²) in [6.07, 6.45) is 1.44. The Morgan fingerprint density at radius 3 is 2.89 bits per heavy atom. The van der Waals surface area contributed by atoms with Crippen LogP contribution in [0.15, 0.2) is 18.2 Å². The Labute approximate surface area is 105 Å². The van der Waals surface area contributed by atoms with Gasteiger partial charge in [0.1, 0.15) is 11.6 Å². The van der Waals surface area contributed by atoms with Gasteiger partial charge in [0.25, 0.3) is 0 Å². The summed E-state index contributed by atoms with van der Waals surface area (Å²) < 4.78 is 32.1. The van der Waals surface area contributed by atoms with E-state index in [1.54, 1.807) is 0 Å². The summed E-state index contributed by atoms with van der Waals surface area (Å²) in [5, 5.41) is 0. The molecule has 1 heterocycles. The molecule has 0 amide bonds. The number of nitrogens with two attached hydrogens (primary N) is 1. The molecule has 0 bridgehead atoms. The lowest BCUT2D eigenvalue weighted by Crippen LogP contribution is -2.43. The van der Waals surface area contributed by atoms with Crippen molar-refractivity contribution in [1.29, 1.82) is 0 Å². The van der Waals surface area contributed by atoms with E-state index in [9.17, 15) is 8.78 Å². The maximum absolute atomic E-state index is 13.6. The van der Waals surface area contributed by atoms with Gasteiger partial charge in [-0.05, 0) is 43.5 Å². The minimum absolute atomic E-state index is 0.105. The lowest BCUT2D eigenvalue weighted by Gasteiger charge is -2.21. The smallest absolute Gasteiger partial charge is 0.126 e. The molecule has 1 aromatic carbocycles. The fourth-order valence-corrected chi connectivity index (χ4v) is 2.43. The van der Waals surface area contributed by atoms with Crippen molar-refractivity contribution >= 4 is 0 Å². The molecule has 2 rings (SSSR count). The van der Waals surface area contributed by atoms with Crippen molar-refractivity contribution in [2.24, 2.45) is 11.8 Å². The predicted octanol–water partition coefficient (Wildman–Crippen LogP) is 1.76. The van der Waals surface area contributed by atoms with E-state index in [1.807, 2.05) is 6.92 Å². The number of halogens is 2. The zero-order valence-corrected chi connectivity index (χ0v) is 10.3. The Morgan fingerprint density at radius 2 is 2.28 bits per heavy atom. The van der Waals surface area contributed by atoms with Crippen molar-refractivity contribution in [1.82, 2.24) is 5.43 Å². The summed E-state index contributed by atoms with van der Waals surface area (Å²) >= 11 is 0. The van der Waals surface area contributed by atoms with E-state index in [2.05, 4.69) is 5.43 Å². The number of benzene rings is 1. The first kappa shape index (κ1) is 13.4. The fourth-order valence-electron chi connectivity index (χ4n) is 2.43. The van der Waals surface area contributed by atoms with E-state index < -0.39 is 11.6 Å². The van der Waals surface area contributed by atoms with Gasteiger partial charge in [-0.1, -0.05) is 0 Å². The van der Waals surface area contributed by atoms with Crippen molar-refractivity contribution in [2.75, 3.05) is 6.61 Å². The van der Waals surface area contributed by atoms with Gasteiger partial charge in [-0.2, -0.15) is 0 Å². The number of ether oxygens (including phenoxy) is 1. The molecule has 3 unspecified atom stereocenters. The van der Waals surface area contributed by atoms with Crippen molar-refractivity contribution < 1.29 is 13.5 Å². The Kier molecular flexibility index (Phi) is 4.27. The van der Waals surface area contributed by atoms with E-state index in [4.69, 9.17) is 10.6 Å². The highest BCUT2D eigenvalue weighted by Gasteiger charge is 2.29. The Balaban J connectivity index is 2.08. The first-order chi connectivity index (χ1) is 8.60. The molecule has 3 nitrogen and oxygen atoms in total. The quantitative estimate of drug-likeness (QED) is 0.637. The van der Waals surface area contributed by atoms with Gasteiger partial charge < -0.3 is 4.74 Å². The summed E-state index contributed by atoms with van der Waals surface area (Å²) in [4.78, 5) is 0. The number of rotatable bonds is 4. The standard InChI is InChI=1S/C13H18F2N2O/c1-8-4-10(7-18-8)13(17-16)6-9-5-11(14)2-3-12(9)15/h2-3,5,8,10,13,17H,4,6-7,16H2,1H3. The molecule has 3 atom stereocenters. The molecule has 100 valence electrons. The molecule has 0 spiro atoms. The average Bonchev–Trinajstić information content (AvgIpc) is 2.77. The highest BCUT2D eigenvalue weighted by Crippen LogP contribution is 2.24. The van der Waals surface area contributed by atoms with Crippen LogP contribution in [0.4, 0.5) is 8.78 Å². The van der Waals surface area contributed by atoms with Crippen LogP contribution < -0.4 is 11.3 Å². The van der Waals surface area contributed by atoms with Crippen LogP contribution in [0.1, 0.15) is 18.9 Å². The second-order valence-corrected chi connectivity index (χ2v) is 4.85. The number of hydrazine groups is 1. The van der Waals surface area contributed by atoms with Crippen molar-refractivity contribution in [3.63, 3.8) is 0 Å². The van der Waals surface area contributed by atoms with Crippen molar-refractivity contribution in [3.05, 3.63) is 35.4 Å². The molecule has 1 saturated heterocycles. The first-order valence-electron chi connectivity index (χ1n) is 6.11. The minimum atomic E-state index is -0.432. The summed E-state index contributed by atoms with van der Waals surface area (Å²) in [7, 11) is 0. The second-order valence-electron chi connectivity index (χ2n) is 4.85. The Morgan fingerprint density at radius 1 is 1.50 bits per heavy atom. The van der Waals surface area contributed by atoms with Crippen LogP contribution in [0, 0.1) is 17.6 Å². The fraction of sp³-hybridized carbons (Fsp3) is 0.538.